The molecule has 5 heteroatoms. The first-order valence-corrected chi connectivity index (χ1v) is 6.49. The number of nitrogens with one attached hydrogen (secondary N) is 2. The molecule has 2 amide bonds. The minimum atomic E-state index is -0.423. The minimum absolute atomic E-state index is 0.0724. The fourth-order valence-corrected chi connectivity index (χ4v) is 2.13. The molecule has 1 atom stereocenters. The van der Waals surface area contributed by atoms with E-state index in [1.165, 1.54) is 0 Å². The average Bonchev–Trinajstić information content (AvgIpc) is 2.83. The largest absolute Gasteiger partial charge is 0.396 e. The molecule has 1 aromatic carbocycles. The lowest BCUT2D eigenvalue weighted by Gasteiger charge is -2.11. The molecule has 102 valence electrons. The number of amides is 2. The molecule has 1 saturated heterocycles. The molecule has 0 unspecified atom stereocenters. The smallest absolute Gasteiger partial charge is 0.246 e. The summed E-state index contributed by atoms with van der Waals surface area (Å²) in [5.74, 6) is -0.248. The van der Waals surface area contributed by atoms with Crippen molar-refractivity contribution in [2.45, 2.75) is 31.7 Å². The van der Waals surface area contributed by atoms with E-state index in [0.29, 0.717) is 19.3 Å². The van der Waals surface area contributed by atoms with Crippen LogP contribution in [0.1, 0.15) is 24.8 Å². The van der Waals surface area contributed by atoms with Crippen molar-refractivity contribution in [1.82, 2.24) is 5.32 Å². The van der Waals surface area contributed by atoms with Gasteiger partial charge in [-0.2, -0.15) is 0 Å². The zero-order chi connectivity index (χ0) is 13.7. The van der Waals surface area contributed by atoms with Crippen molar-refractivity contribution in [1.29, 1.82) is 0 Å². The van der Waals surface area contributed by atoms with Crippen molar-refractivity contribution in [2.24, 2.45) is 0 Å². The summed E-state index contributed by atoms with van der Waals surface area (Å²) in [6.07, 6.45) is 2.44. The number of hydrogen-bond donors (Lipinski definition) is 3. The van der Waals surface area contributed by atoms with Gasteiger partial charge in [-0.3, -0.25) is 9.59 Å². The van der Waals surface area contributed by atoms with Gasteiger partial charge in [0.1, 0.15) is 6.04 Å². The van der Waals surface area contributed by atoms with E-state index in [2.05, 4.69) is 10.6 Å². The number of aryl methyl sites for hydroxylation is 1. The van der Waals surface area contributed by atoms with Crippen LogP contribution in [-0.2, 0) is 16.0 Å². The summed E-state index contributed by atoms with van der Waals surface area (Å²) in [5.41, 5.74) is 1.80. The standard InChI is InChI=1S/C14H18N2O3/c17-8-2-4-10-3-1-5-11(9-10)15-14(19)12-6-7-13(18)16-12/h1,3,5,9,12,17H,2,4,6-8H2,(H,15,19)(H,16,18)/t12-/m0/s1. The second kappa shape index (κ2) is 6.33. The highest BCUT2D eigenvalue weighted by Gasteiger charge is 2.26. The molecule has 5 nitrogen and oxygen atoms in total. The molecule has 0 aromatic heterocycles. The fourth-order valence-electron chi connectivity index (χ4n) is 2.13. The summed E-state index contributed by atoms with van der Waals surface area (Å²) in [5, 5.41) is 14.2. The molecule has 0 bridgehead atoms. The van der Waals surface area contributed by atoms with E-state index >= 15 is 0 Å². The Labute approximate surface area is 112 Å². The van der Waals surface area contributed by atoms with Gasteiger partial charge in [-0.05, 0) is 37.0 Å². The summed E-state index contributed by atoms with van der Waals surface area (Å²) < 4.78 is 0. The van der Waals surface area contributed by atoms with Crippen LogP contribution in [0, 0.1) is 0 Å². The van der Waals surface area contributed by atoms with Crippen LogP contribution in [0.5, 0.6) is 0 Å². The summed E-state index contributed by atoms with van der Waals surface area (Å²) in [7, 11) is 0. The maximum atomic E-state index is 11.9. The lowest BCUT2D eigenvalue weighted by atomic mass is 10.1. The SMILES string of the molecule is O=C1CC[C@@H](C(=O)Nc2cccc(CCCO)c2)N1. The topological polar surface area (TPSA) is 78.4 Å². The molecular weight excluding hydrogens is 244 g/mol. The van der Waals surface area contributed by atoms with Crippen LogP contribution in [0.2, 0.25) is 0 Å². The third-order valence-corrected chi connectivity index (χ3v) is 3.13. The van der Waals surface area contributed by atoms with E-state index in [0.717, 1.165) is 17.7 Å². The second-order valence-electron chi connectivity index (χ2n) is 4.68. The number of hydrogen-bond acceptors (Lipinski definition) is 3. The van der Waals surface area contributed by atoms with Crippen LogP contribution in [0.25, 0.3) is 0 Å². The maximum absolute atomic E-state index is 11.9. The van der Waals surface area contributed by atoms with E-state index in [1.54, 1.807) is 0 Å². The van der Waals surface area contributed by atoms with Crippen LogP contribution >= 0.6 is 0 Å². The molecule has 3 N–H and O–H groups in total. The predicted octanol–water partition coefficient (Wildman–Crippen LogP) is 0.829. The van der Waals surface area contributed by atoms with E-state index in [1.807, 2.05) is 24.3 Å². The molecular formula is C14H18N2O3. The van der Waals surface area contributed by atoms with Crippen molar-refractivity contribution in [3.8, 4) is 0 Å². The molecule has 0 aliphatic carbocycles. The molecule has 1 aliphatic rings. The van der Waals surface area contributed by atoms with Gasteiger partial charge in [0.2, 0.25) is 11.8 Å². The Morgan fingerprint density at radius 2 is 2.32 bits per heavy atom. The predicted molar refractivity (Wildman–Crippen MR) is 71.6 cm³/mol. The van der Waals surface area contributed by atoms with E-state index in [4.69, 9.17) is 5.11 Å². The Morgan fingerprint density at radius 1 is 1.47 bits per heavy atom. The first kappa shape index (κ1) is 13.5. The van der Waals surface area contributed by atoms with Gasteiger partial charge in [-0.15, -0.1) is 0 Å². The van der Waals surface area contributed by atoms with Gasteiger partial charge in [0.25, 0.3) is 0 Å². The first-order chi connectivity index (χ1) is 9.19. The van der Waals surface area contributed by atoms with Crippen molar-refractivity contribution < 1.29 is 14.7 Å². The molecule has 19 heavy (non-hydrogen) atoms. The van der Waals surface area contributed by atoms with E-state index in [9.17, 15) is 9.59 Å². The second-order valence-corrected chi connectivity index (χ2v) is 4.68. The first-order valence-electron chi connectivity index (χ1n) is 6.49. The lowest BCUT2D eigenvalue weighted by molar-refractivity contribution is -0.122. The normalized spacial score (nSPS) is 18.2. The van der Waals surface area contributed by atoms with Gasteiger partial charge in [-0.25, -0.2) is 0 Å². The molecule has 0 spiro atoms. The minimum Gasteiger partial charge on any atom is -0.396 e. The highest BCUT2D eigenvalue weighted by molar-refractivity contribution is 5.98. The number of carbonyl (C=O) groups excluding carboxylic acids is 2. The zero-order valence-corrected chi connectivity index (χ0v) is 10.7. The van der Waals surface area contributed by atoms with Crippen LogP contribution in [0.15, 0.2) is 24.3 Å². The molecule has 1 aromatic rings. The Kier molecular flexibility index (Phi) is 4.52. The Morgan fingerprint density at radius 3 is 3.00 bits per heavy atom. The summed E-state index contributed by atoms with van der Waals surface area (Å²) in [4.78, 5) is 23.0. The number of aliphatic hydroxyl groups excluding tert-OH is 1. The molecule has 0 saturated carbocycles. The Bertz CT molecular complexity index is 474. The number of aliphatic hydroxyl groups is 1. The quantitative estimate of drug-likeness (QED) is 0.735. The summed E-state index contributed by atoms with van der Waals surface area (Å²) in [6, 6.07) is 7.12. The lowest BCUT2D eigenvalue weighted by Crippen LogP contribution is -2.37. The number of carbonyl (C=O) groups is 2. The van der Waals surface area contributed by atoms with Gasteiger partial charge in [0.15, 0.2) is 0 Å². The number of rotatable bonds is 5. The van der Waals surface area contributed by atoms with Crippen LogP contribution in [0.3, 0.4) is 0 Å². The monoisotopic (exact) mass is 262 g/mol. The zero-order valence-electron chi connectivity index (χ0n) is 10.7. The van der Waals surface area contributed by atoms with Gasteiger partial charge in [0, 0.05) is 18.7 Å². The molecule has 1 fully saturated rings. The van der Waals surface area contributed by atoms with Gasteiger partial charge >= 0.3 is 0 Å². The van der Waals surface area contributed by atoms with Crippen molar-refractivity contribution in [3.63, 3.8) is 0 Å². The Hall–Kier alpha value is -1.88. The third kappa shape index (κ3) is 3.79. The third-order valence-electron chi connectivity index (χ3n) is 3.13. The van der Waals surface area contributed by atoms with Gasteiger partial charge < -0.3 is 15.7 Å². The van der Waals surface area contributed by atoms with Gasteiger partial charge in [-0.1, -0.05) is 12.1 Å². The highest BCUT2D eigenvalue weighted by atomic mass is 16.3. The molecule has 0 radical (unpaired) electrons. The van der Waals surface area contributed by atoms with Crippen molar-refractivity contribution in [2.75, 3.05) is 11.9 Å². The average molecular weight is 262 g/mol. The van der Waals surface area contributed by atoms with Crippen LogP contribution < -0.4 is 10.6 Å². The van der Waals surface area contributed by atoms with Gasteiger partial charge in [0.05, 0.1) is 0 Å². The summed E-state index contributed by atoms with van der Waals surface area (Å²) in [6.45, 7) is 0.157. The number of benzene rings is 1. The van der Waals surface area contributed by atoms with E-state index < -0.39 is 6.04 Å². The van der Waals surface area contributed by atoms with Crippen LogP contribution in [0.4, 0.5) is 5.69 Å². The maximum Gasteiger partial charge on any atom is 0.246 e. The summed E-state index contributed by atoms with van der Waals surface area (Å²) >= 11 is 0. The molecule has 1 heterocycles. The fraction of sp³-hybridized carbons (Fsp3) is 0.429. The van der Waals surface area contributed by atoms with Crippen LogP contribution in [-0.4, -0.2) is 29.6 Å². The Balaban J connectivity index is 1.94. The molecule has 1 aliphatic heterocycles. The van der Waals surface area contributed by atoms with Crippen molar-refractivity contribution >= 4 is 17.5 Å². The van der Waals surface area contributed by atoms with E-state index in [-0.39, 0.29) is 18.4 Å². The van der Waals surface area contributed by atoms with Crippen molar-refractivity contribution in [3.05, 3.63) is 29.8 Å². The molecule has 2 rings (SSSR count). The highest BCUT2D eigenvalue weighted by Crippen LogP contribution is 2.14. The number of anilines is 1.